The maximum Gasteiger partial charge on any atom is 0.262 e. The Morgan fingerprint density at radius 3 is 2.68 bits per heavy atom. The monoisotopic (exact) mass is 683 g/mol. The maximum atomic E-state index is 14.0. The van der Waals surface area contributed by atoms with Crippen LogP contribution in [0.25, 0.3) is 0 Å². The van der Waals surface area contributed by atoms with Gasteiger partial charge in [0.05, 0.1) is 41.3 Å². The molecule has 1 spiro atoms. The molecule has 10 heteroatoms. The molecular formula is C37H50ClN3O5S. The number of anilines is 1. The number of carbonyl (C=O) groups is 1. The molecule has 3 heterocycles. The standard InChI is InChI=1S/C37H50ClN3O5S/c1-24-17-30(40-13-15-45-16-14-40)20-34(42)31-9-6-28(31)21-41-22-37(12-4-5-26-18-29(38)8-10-32(26)37)23-46-35-11-7-27(19-33(35)41)36(43)39-47(3,44)25(24)2/h7-8,10-11,18-19,24-25,28,30-31,34,42H,3-6,9,12-17,20-23H2,1-2H3,(H,39,43,44)/t24-,25+,28-,30+,31+,34-,37-,47?/m0/s1. The molecule has 1 saturated heterocycles. The third kappa shape index (κ3) is 6.55. The number of aliphatic hydroxyl groups is 1. The second-order valence-electron chi connectivity index (χ2n) is 15.0. The number of ether oxygens (including phenoxy) is 2. The molecule has 2 fully saturated rings. The zero-order chi connectivity index (χ0) is 32.9. The smallest absolute Gasteiger partial charge is 0.262 e. The summed E-state index contributed by atoms with van der Waals surface area (Å²) in [5, 5.41) is 12.3. The summed E-state index contributed by atoms with van der Waals surface area (Å²) in [5.74, 6) is 4.98. The van der Waals surface area contributed by atoms with E-state index in [1.54, 1.807) is 6.07 Å². The predicted octanol–water partition coefficient (Wildman–Crippen LogP) is 5.08. The molecule has 8 atom stereocenters. The van der Waals surface area contributed by atoms with E-state index in [4.69, 9.17) is 21.1 Å². The van der Waals surface area contributed by atoms with Crippen molar-refractivity contribution in [1.29, 1.82) is 0 Å². The van der Waals surface area contributed by atoms with E-state index in [0.29, 0.717) is 37.7 Å². The van der Waals surface area contributed by atoms with E-state index in [2.05, 4.69) is 39.4 Å². The number of halogens is 1. The molecule has 1 unspecified atom stereocenters. The average Bonchev–Trinajstić information content (AvgIpc) is 3.18. The summed E-state index contributed by atoms with van der Waals surface area (Å²) in [6, 6.07) is 12.0. The van der Waals surface area contributed by atoms with Gasteiger partial charge in [-0.05, 0) is 117 Å². The lowest BCUT2D eigenvalue weighted by molar-refractivity contribution is -0.0324. The first-order valence-electron chi connectivity index (χ1n) is 17.5. The predicted molar refractivity (Wildman–Crippen MR) is 189 cm³/mol. The van der Waals surface area contributed by atoms with E-state index in [-0.39, 0.29) is 34.4 Å². The van der Waals surface area contributed by atoms with E-state index >= 15 is 0 Å². The third-order valence-corrected chi connectivity index (χ3v) is 14.5. The highest BCUT2D eigenvalue weighted by molar-refractivity contribution is 7.99. The van der Waals surface area contributed by atoms with Crippen molar-refractivity contribution in [2.45, 2.75) is 81.6 Å². The lowest BCUT2D eigenvalue weighted by Gasteiger charge is -2.47. The van der Waals surface area contributed by atoms with Crippen molar-refractivity contribution in [2.24, 2.45) is 17.8 Å². The van der Waals surface area contributed by atoms with Crippen LogP contribution >= 0.6 is 11.6 Å². The largest absolute Gasteiger partial charge is 0.490 e. The summed E-state index contributed by atoms with van der Waals surface area (Å²) in [6.07, 6.45) is 6.13. The topological polar surface area (TPSA) is 91.3 Å². The Kier molecular flexibility index (Phi) is 9.33. The number of benzene rings is 2. The first-order valence-corrected chi connectivity index (χ1v) is 19.7. The minimum absolute atomic E-state index is 0.0193. The van der Waals surface area contributed by atoms with Crippen molar-refractivity contribution < 1.29 is 23.6 Å². The molecule has 0 radical (unpaired) electrons. The maximum absolute atomic E-state index is 14.0. The van der Waals surface area contributed by atoms with Gasteiger partial charge in [-0.1, -0.05) is 24.6 Å². The van der Waals surface area contributed by atoms with Crippen LogP contribution in [0.15, 0.2) is 36.4 Å². The number of morpholine rings is 1. The second-order valence-corrected chi connectivity index (χ2v) is 17.8. The van der Waals surface area contributed by atoms with E-state index in [1.165, 1.54) is 11.1 Å². The molecule has 2 aromatic carbocycles. The van der Waals surface area contributed by atoms with Crippen LogP contribution in [0.4, 0.5) is 5.69 Å². The van der Waals surface area contributed by atoms with Gasteiger partial charge in [0.2, 0.25) is 0 Å². The Morgan fingerprint density at radius 2 is 1.91 bits per heavy atom. The van der Waals surface area contributed by atoms with Crippen molar-refractivity contribution in [3.05, 3.63) is 58.1 Å². The van der Waals surface area contributed by atoms with Crippen LogP contribution in [0.3, 0.4) is 0 Å². The number of aryl methyl sites for hydroxylation is 1. The minimum Gasteiger partial charge on any atom is -0.490 e. The normalized spacial score (nSPS) is 36.7. The van der Waals surface area contributed by atoms with Gasteiger partial charge in [-0.3, -0.25) is 14.4 Å². The summed E-state index contributed by atoms with van der Waals surface area (Å²) in [6.45, 7) is 9.09. The van der Waals surface area contributed by atoms with Crippen molar-refractivity contribution >= 4 is 38.8 Å². The van der Waals surface area contributed by atoms with Crippen molar-refractivity contribution in [3.8, 4) is 5.75 Å². The van der Waals surface area contributed by atoms with Gasteiger partial charge in [-0.2, -0.15) is 0 Å². The number of hydrogen-bond donors (Lipinski definition) is 2. The minimum atomic E-state index is -2.97. The summed E-state index contributed by atoms with van der Waals surface area (Å²) >= 11 is 6.45. The van der Waals surface area contributed by atoms with Gasteiger partial charge >= 0.3 is 0 Å². The molecule has 2 aromatic rings. The lowest BCUT2D eigenvalue weighted by Crippen LogP contribution is -2.51. The van der Waals surface area contributed by atoms with Crippen LogP contribution in [-0.4, -0.2) is 89.4 Å². The fraction of sp³-hybridized carbons (Fsp3) is 0.622. The SMILES string of the molecule is C=S1(=O)NC(=O)c2ccc3c(c2)N(C[C@@H]2CC[C@H]2[C@@H](O)C[C@H](N2CCOCC2)C[C@H](C)[C@H]1C)C[C@@]1(CCCc2cc(Cl)ccc21)CO3. The number of fused-ring (bicyclic) bond motifs is 4. The molecule has 2 bridgehead atoms. The van der Waals surface area contributed by atoms with Crippen LogP contribution in [0.5, 0.6) is 5.75 Å². The van der Waals surface area contributed by atoms with Gasteiger partial charge in [0, 0.05) is 53.5 Å². The van der Waals surface area contributed by atoms with Crippen LogP contribution in [-0.2, 0) is 26.3 Å². The van der Waals surface area contributed by atoms with E-state index in [0.717, 1.165) is 81.2 Å². The van der Waals surface area contributed by atoms with Crippen molar-refractivity contribution in [2.75, 3.05) is 50.9 Å². The number of rotatable bonds is 1. The van der Waals surface area contributed by atoms with E-state index < -0.39 is 15.8 Å². The zero-order valence-electron chi connectivity index (χ0n) is 27.8. The molecule has 3 aliphatic heterocycles. The van der Waals surface area contributed by atoms with Gasteiger partial charge in [-0.15, -0.1) is 0 Å². The number of nitrogens with zero attached hydrogens (tertiary/aromatic N) is 2. The molecule has 256 valence electrons. The van der Waals surface area contributed by atoms with Gasteiger partial charge in [0.1, 0.15) is 5.75 Å². The van der Waals surface area contributed by atoms with E-state index in [9.17, 15) is 14.1 Å². The Labute approximate surface area is 285 Å². The van der Waals surface area contributed by atoms with Crippen LogP contribution in [0.1, 0.15) is 73.9 Å². The Bertz CT molecular complexity index is 1600. The average molecular weight is 684 g/mol. The molecule has 47 heavy (non-hydrogen) atoms. The number of aliphatic hydroxyl groups excluding tert-OH is 1. The van der Waals surface area contributed by atoms with Gasteiger partial charge in [0.25, 0.3) is 5.91 Å². The lowest BCUT2D eigenvalue weighted by atomic mass is 9.67. The van der Waals surface area contributed by atoms with Gasteiger partial charge < -0.3 is 19.5 Å². The first-order chi connectivity index (χ1) is 22.5. The number of amides is 1. The Balaban J connectivity index is 1.27. The molecule has 1 amide bonds. The summed E-state index contributed by atoms with van der Waals surface area (Å²) in [7, 11) is -2.97. The quantitative estimate of drug-likeness (QED) is 0.406. The molecule has 8 nitrogen and oxygen atoms in total. The third-order valence-electron chi connectivity index (χ3n) is 12.1. The molecule has 2 aliphatic carbocycles. The molecular weight excluding hydrogens is 634 g/mol. The molecule has 7 rings (SSSR count). The summed E-state index contributed by atoms with van der Waals surface area (Å²) in [4.78, 5) is 18.6. The summed E-state index contributed by atoms with van der Waals surface area (Å²) in [5.41, 5.74) is 3.68. The number of carbonyl (C=O) groups excluding carboxylic acids is 1. The fourth-order valence-corrected chi connectivity index (χ4v) is 10.6. The summed E-state index contributed by atoms with van der Waals surface area (Å²) < 4.78 is 29.2. The van der Waals surface area contributed by atoms with Crippen molar-refractivity contribution in [3.63, 3.8) is 0 Å². The highest BCUT2D eigenvalue weighted by atomic mass is 35.5. The highest BCUT2D eigenvalue weighted by Gasteiger charge is 2.45. The molecule has 0 aromatic heterocycles. The van der Waals surface area contributed by atoms with Gasteiger partial charge in [-0.25, -0.2) is 4.21 Å². The number of hydrogen-bond acceptors (Lipinski definition) is 7. The zero-order valence-corrected chi connectivity index (χ0v) is 29.4. The van der Waals surface area contributed by atoms with E-state index in [1.807, 2.05) is 25.1 Å². The van der Waals surface area contributed by atoms with Crippen LogP contribution < -0.4 is 14.4 Å². The van der Waals surface area contributed by atoms with Crippen LogP contribution in [0.2, 0.25) is 5.02 Å². The molecule has 5 aliphatic rings. The molecule has 2 N–H and O–H groups in total. The first kappa shape index (κ1) is 33.2. The van der Waals surface area contributed by atoms with Crippen molar-refractivity contribution in [1.82, 2.24) is 9.62 Å². The highest BCUT2D eigenvalue weighted by Crippen LogP contribution is 2.47. The number of nitrogens with one attached hydrogen (secondary N) is 1. The van der Waals surface area contributed by atoms with Gasteiger partial charge in [0.15, 0.2) is 0 Å². The second kappa shape index (κ2) is 13.2. The van der Waals surface area contributed by atoms with Crippen LogP contribution in [0, 0.1) is 17.8 Å². The Hall–Kier alpha value is -2.30. The fourth-order valence-electron chi connectivity index (χ4n) is 8.96. The molecule has 1 saturated carbocycles. The Morgan fingerprint density at radius 1 is 1.11 bits per heavy atom.